The first kappa shape index (κ1) is 40.3. The maximum Gasteiger partial charge on any atom is 0.407 e. The van der Waals surface area contributed by atoms with E-state index in [-0.39, 0.29) is 56.3 Å². The molecule has 0 rings (SSSR count). The van der Waals surface area contributed by atoms with Crippen LogP contribution in [0, 0.1) is 0 Å². The van der Waals surface area contributed by atoms with E-state index in [1.54, 1.807) is 0 Å². The fourth-order valence-electron chi connectivity index (χ4n) is 3.47. The summed E-state index contributed by atoms with van der Waals surface area (Å²) in [6.07, 6.45) is -4.43. The minimum Gasteiger partial charge on any atom is -0.460 e. The van der Waals surface area contributed by atoms with E-state index in [1.165, 1.54) is 25.8 Å². The molecular weight excluding hydrogens is 582 g/mol. The van der Waals surface area contributed by atoms with E-state index in [9.17, 15) is 39.3 Å². The average molecular weight is 632 g/mol. The molecule has 44 heavy (non-hydrogen) atoms. The summed E-state index contributed by atoms with van der Waals surface area (Å²) in [6, 6.07) is 0. The zero-order chi connectivity index (χ0) is 33.7. The summed E-state index contributed by atoms with van der Waals surface area (Å²) in [7, 11) is 1.44. The van der Waals surface area contributed by atoms with Gasteiger partial charge in [0.05, 0.1) is 13.1 Å². The first-order valence-electron chi connectivity index (χ1n) is 14.5. The van der Waals surface area contributed by atoms with Gasteiger partial charge < -0.3 is 49.8 Å². The lowest BCUT2D eigenvalue weighted by Crippen LogP contribution is -2.53. The number of aliphatic hydroxyl groups excluding tert-OH is 3. The van der Waals surface area contributed by atoms with Crippen molar-refractivity contribution in [2.45, 2.75) is 83.7 Å². The Balaban J connectivity index is 5.17. The van der Waals surface area contributed by atoms with Gasteiger partial charge in [-0.05, 0) is 20.3 Å². The van der Waals surface area contributed by atoms with Crippen molar-refractivity contribution in [2.24, 2.45) is 0 Å². The predicted octanol–water partition coefficient (Wildman–Crippen LogP) is 0.948. The van der Waals surface area contributed by atoms with Gasteiger partial charge in [0.1, 0.15) is 38.1 Å². The van der Waals surface area contributed by atoms with Gasteiger partial charge in [-0.2, -0.15) is 0 Å². The van der Waals surface area contributed by atoms with Gasteiger partial charge in [0.25, 0.3) is 0 Å². The molecule has 0 aromatic heterocycles. The normalized spacial score (nSPS) is 13.3. The predicted molar refractivity (Wildman–Crippen MR) is 158 cm³/mol. The molecule has 0 aliphatic rings. The number of alkyl carbamates (subject to hydrolysis) is 2. The second-order valence-electron chi connectivity index (χ2n) is 10.2. The van der Waals surface area contributed by atoms with Crippen LogP contribution < -0.4 is 10.6 Å². The number of nitrogens with one attached hydrogen (secondary N) is 2. The Morgan fingerprint density at radius 3 is 1.82 bits per heavy atom. The highest BCUT2D eigenvalue weighted by molar-refractivity contribution is 5.87. The number of carbonyl (C=O) groups is 5. The maximum atomic E-state index is 12.5. The quantitative estimate of drug-likeness (QED) is 0.0489. The molecule has 0 aromatic carbocycles. The summed E-state index contributed by atoms with van der Waals surface area (Å²) in [4.78, 5) is 60.9. The van der Waals surface area contributed by atoms with E-state index in [1.807, 2.05) is 0 Å². The van der Waals surface area contributed by atoms with Crippen LogP contribution in [0.15, 0.2) is 24.3 Å². The van der Waals surface area contributed by atoms with E-state index >= 15 is 0 Å². The van der Waals surface area contributed by atoms with Crippen molar-refractivity contribution in [1.29, 1.82) is 0 Å². The van der Waals surface area contributed by atoms with Crippen LogP contribution in [0.25, 0.3) is 0 Å². The summed E-state index contributed by atoms with van der Waals surface area (Å²) in [5.41, 5.74) is 0.335. The average Bonchev–Trinajstić information content (AvgIpc) is 2.97. The Bertz CT molecular complexity index is 958. The van der Waals surface area contributed by atoms with Crippen molar-refractivity contribution >= 4 is 30.0 Å². The smallest absolute Gasteiger partial charge is 0.407 e. The lowest BCUT2D eigenvalue weighted by molar-refractivity contribution is -0.139. The minimum atomic E-state index is -1.91. The first-order valence-corrected chi connectivity index (χ1v) is 14.5. The van der Waals surface area contributed by atoms with Crippen molar-refractivity contribution in [3.63, 3.8) is 0 Å². The molecule has 0 aliphatic carbocycles. The van der Waals surface area contributed by atoms with Gasteiger partial charge in [-0.15, -0.1) is 0 Å². The molecule has 5 N–H and O–H groups in total. The fourth-order valence-corrected chi connectivity index (χ4v) is 3.47. The Labute approximate surface area is 258 Å². The molecule has 3 amide bonds. The zero-order valence-corrected chi connectivity index (χ0v) is 26.2. The van der Waals surface area contributed by atoms with Crippen LogP contribution in [0.4, 0.5) is 9.59 Å². The standard InChI is InChI=1S/C29H49N3O12/c1-7-8-9-10-11-12-23(35)32(6)17-21(33)24(36)25(44-29(40)31-14-16-42-27(38)20(4)5)22(34)18-43-28(39)30-13-15-41-26(37)19(2)3/h21-22,24-25,33-34,36H,2,4,7-18H2,1,3,5-6H3,(H,30,39)(H,31,40)/t21?,22-,24?,25?/m1/s1. The van der Waals surface area contributed by atoms with Crippen molar-refractivity contribution in [1.82, 2.24) is 15.5 Å². The number of hydrogen-bond donors (Lipinski definition) is 5. The topological polar surface area (TPSA) is 210 Å². The molecule has 252 valence electrons. The van der Waals surface area contributed by atoms with Crippen LogP contribution in [0.1, 0.15) is 59.3 Å². The highest BCUT2D eigenvalue weighted by atomic mass is 16.6. The highest BCUT2D eigenvalue weighted by Crippen LogP contribution is 2.13. The van der Waals surface area contributed by atoms with Gasteiger partial charge in [-0.3, -0.25) is 4.79 Å². The third-order valence-corrected chi connectivity index (χ3v) is 6.03. The van der Waals surface area contributed by atoms with Crippen LogP contribution in [-0.2, 0) is 33.3 Å². The summed E-state index contributed by atoms with van der Waals surface area (Å²) in [6.45, 7) is 10.0. The van der Waals surface area contributed by atoms with Crippen LogP contribution in [0.2, 0.25) is 0 Å². The third-order valence-electron chi connectivity index (χ3n) is 6.03. The molecule has 0 radical (unpaired) electrons. The van der Waals surface area contributed by atoms with Crippen LogP contribution in [0.3, 0.4) is 0 Å². The number of amides is 3. The molecule has 15 nitrogen and oxygen atoms in total. The number of rotatable bonds is 22. The Kier molecular flexibility index (Phi) is 20.9. The number of hydrogen-bond acceptors (Lipinski definition) is 12. The van der Waals surface area contributed by atoms with Gasteiger partial charge >= 0.3 is 24.1 Å². The van der Waals surface area contributed by atoms with E-state index in [0.717, 1.165) is 25.7 Å². The molecule has 0 saturated heterocycles. The van der Waals surface area contributed by atoms with Crippen molar-refractivity contribution < 1.29 is 58.2 Å². The molecule has 0 heterocycles. The van der Waals surface area contributed by atoms with Gasteiger partial charge in [-0.25, -0.2) is 19.2 Å². The Morgan fingerprint density at radius 2 is 1.30 bits per heavy atom. The van der Waals surface area contributed by atoms with E-state index in [2.05, 4.69) is 30.7 Å². The van der Waals surface area contributed by atoms with Crippen LogP contribution >= 0.6 is 0 Å². The molecule has 0 fully saturated rings. The van der Waals surface area contributed by atoms with Crippen LogP contribution in [0.5, 0.6) is 0 Å². The molecule has 0 aromatic rings. The van der Waals surface area contributed by atoms with Gasteiger partial charge in [0.15, 0.2) is 6.10 Å². The van der Waals surface area contributed by atoms with Gasteiger partial charge in [0.2, 0.25) is 5.91 Å². The second kappa shape index (κ2) is 22.8. The van der Waals surface area contributed by atoms with E-state index < -0.39 is 55.1 Å². The summed E-state index contributed by atoms with van der Waals surface area (Å²) in [5.74, 6) is -1.58. The van der Waals surface area contributed by atoms with Crippen molar-refractivity contribution in [3.05, 3.63) is 24.3 Å². The third kappa shape index (κ3) is 18.1. The number of likely N-dealkylation sites (N-methyl/N-ethyl adjacent to an activating group) is 1. The van der Waals surface area contributed by atoms with E-state index in [4.69, 9.17) is 18.9 Å². The Morgan fingerprint density at radius 1 is 0.773 bits per heavy atom. The van der Waals surface area contributed by atoms with Crippen molar-refractivity contribution in [3.8, 4) is 0 Å². The molecule has 0 saturated carbocycles. The fraction of sp³-hybridized carbons (Fsp3) is 0.690. The molecule has 4 atom stereocenters. The number of aliphatic hydroxyl groups is 3. The number of unbranched alkanes of at least 4 members (excludes halogenated alkanes) is 4. The largest absolute Gasteiger partial charge is 0.460 e. The number of nitrogens with zero attached hydrogens (tertiary/aromatic N) is 1. The molecule has 15 heteroatoms. The molecule has 3 unspecified atom stereocenters. The SMILES string of the molecule is C=C(C)C(=O)OCCNC(=O)OC[C@@H](O)C(OC(=O)NCCOC(=O)C(=C)C)C(O)C(O)CN(C)C(=O)CCCCCCC. The van der Waals surface area contributed by atoms with Gasteiger partial charge in [0, 0.05) is 31.2 Å². The number of ether oxygens (including phenoxy) is 4. The minimum absolute atomic E-state index is 0.119. The lowest BCUT2D eigenvalue weighted by atomic mass is 10.0. The molecule has 0 bridgehead atoms. The van der Waals surface area contributed by atoms with Crippen LogP contribution in [-0.4, -0.2) is 121 Å². The van der Waals surface area contributed by atoms with Gasteiger partial charge in [-0.1, -0.05) is 45.8 Å². The maximum absolute atomic E-state index is 12.5. The first-order chi connectivity index (χ1) is 20.7. The number of esters is 2. The molecule has 0 aliphatic heterocycles. The summed E-state index contributed by atoms with van der Waals surface area (Å²) >= 11 is 0. The monoisotopic (exact) mass is 631 g/mol. The second-order valence-corrected chi connectivity index (χ2v) is 10.2. The van der Waals surface area contributed by atoms with Crippen molar-refractivity contribution in [2.75, 3.05) is 46.5 Å². The Hall–Kier alpha value is -3.69. The number of carbonyl (C=O) groups excluding carboxylic acids is 5. The summed E-state index contributed by atoms with van der Waals surface area (Å²) in [5, 5.41) is 36.6. The van der Waals surface area contributed by atoms with E-state index in [0.29, 0.717) is 6.42 Å². The highest BCUT2D eigenvalue weighted by Gasteiger charge is 2.37. The summed E-state index contributed by atoms with van der Waals surface area (Å²) < 4.78 is 19.7. The lowest BCUT2D eigenvalue weighted by Gasteiger charge is -2.31. The molecular formula is C29H49N3O12. The molecule has 0 spiro atoms. The zero-order valence-electron chi connectivity index (χ0n) is 26.2.